The molecule has 0 aromatic carbocycles. The fourth-order valence-corrected chi connectivity index (χ4v) is 1.18. The quantitative estimate of drug-likeness (QED) is 0.738. The normalized spacial score (nSPS) is 10.7. The van der Waals surface area contributed by atoms with Crippen molar-refractivity contribution in [3.63, 3.8) is 0 Å². The van der Waals surface area contributed by atoms with E-state index < -0.39 is 0 Å². The largest absolute Gasteiger partial charge is 0.446 e. The zero-order valence-corrected chi connectivity index (χ0v) is 8.15. The lowest BCUT2D eigenvalue weighted by Crippen LogP contribution is -1.93. The molecule has 2 aromatic heterocycles. The predicted octanol–water partition coefficient (Wildman–Crippen LogP) is 1.46. The average molecular weight is 193 g/mol. The Morgan fingerprint density at radius 1 is 1.29 bits per heavy atom. The van der Waals surface area contributed by atoms with E-state index in [1.807, 2.05) is 6.92 Å². The minimum absolute atomic E-state index is 0.587. The van der Waals surface area contributed by atoms with Crippen LogP contribution < -0.4 is 0 Å². The number of aryl methyl sites for hydroxylation is 4. The highest BCUT2D eigenvalue weighted by Gasteiger charge is 2.05. The second-order valence-electron chi connectivity index (χ2n) is 3.09. The second-order valence-corrected chi connectivity index (χ2v) is 3.09. The van der Waals surface area contributed by atoms with Gasteiger partial charge in [0.25, 0.3) is 0 Å². The number of hydrogen-bond donors (Lipinski definition) is 0. The van der Waals surface area contributed by atoms with Crippen LogP contribution in [0.25, 0.3) is 0 Å². The van der Waals surface area contributed by atoms with E-state index in [1.54, 1.807) is 13.1 Å². The Morgan fingerprint density at radius 2 is 2.14 bits per heavy atom. The molecule has 5 heteroatoms. The van der Waals surface area contributed by atoms with E-state index in [-0.39, 0.29) is 0 Å². The SMILES string of the molecule is Cc1cnc(CCc2noc(C)n2)o1. The van der Waals surface area contributed by atoms with Crippen molar-refractivity contribution < 1.29 is 8.94 Å². The molecule has 0 aliphatic rings. The molecular formula is C9H11N3O2. The van der Waals surface area contributed by atoms with Gasteiger partial charge in [0.1, 0.15) is 5.76 Å². The summed E-state index contributed by atoms with van der Waals surface area (Å²) < 4.78 is 10.2. The summed E-state index contributed by atoms with van der Waals surface area (Å²) in [5.74, 6) is 2.82. The zero-order chi connectivity index (χ0) is 9.97. The van der Waals surface area contributed by atoms with Crippen LogP contribution in [0.15, 0.2) is 15.1 Å². The summed E-state index contributed by atoms with van der Waals surface area (Å²) in [6.07, 6.45) is 3.10. The maximum atomic E-state index is 5.31. The van der Waals surface area contributed by atoms with Gasteiger partial charge < -0.3 is 8.94 Å². The topological polar surface area (TPSA) is 65.0 Å². The lowest BCUT2D eigenvalue weighted by atomic mass is 10.3. The van der Waals surface area contributed by atoms with Gasteiger partial charge in [-0.2, -0.15) is 4.98 Å². The third-order valence-electron chi connectivity index (χ3n) is 1.80. The molecule has 2 heterocycles. The molecule has 0 spiro atoms. The molecule has 0 amide bonds. The van der Waals surface area contributed by atoms with Crippen molar-refractivity contribution in [2.45, 2.75) is 26.7 Å². The van der Waals surface area contributed by atoms with E-state index in [9.17, 15) is 0 Å². The number of nitrogens with zero attached hydrogens (tertiary/aromatic N) is 3. The highest BCUT2D eigenvalue weighted by molar-refractivity contribution is 4.94. The molecule has 74 valence electrons. The van der Waals surface area contributed by atoms with Gasteiger partial charge in [0.05, 0.1) is 6.20 Å². The summed E-state index contributed by atoms with van der Waals surface area (Å²) in [6.45, 7) is 3.64. The van der Waals surface area contributed by atoms with Crippen LogP contribution in [0.2, 0.25) is 0 Å². The number of hydrogen-bond acceptors (Lipinski definition) is 5. The first kappa shape index (κ1) is 8.93. The van der Waals surface area contributed by atoms with Crippen molar-refractivity contribution in [1.82, 2.24) is 15.1 Å². The van der Waals surface area contributed by atoms with Crippen LogP contribution in [0.1, 0.15) is 23.4 Å². The van der Waals surface area contributed by atoms with Gasteiger partial charge in [0.2, 0.25) is 5.89 Å². The van der Waals surface area contributed by atoms with Gasteiger partial charge in [-0.05, 0) is 6.92 Å². The Balaban J connectivity index is 1.94. The molecule has 2 rings (SSSR count). The third-order valence-corrected chi connectivity index (χ3v) is 1.80. The smallest absolute Gasteiger partial charge is 0.223 e. The number of aromatic nitrogens is 3. The van der Waals surface area contributed by atoms with Gasteiger partial charge in [-0.1, -0.05) is 5.16 Å². The van der Waals surface area contributed by atoms with Crippen LogP contribution in [0.4, 0.5) is 0 Å². The van der Waals surface area contributed by atoms with E-state index in [0.717, 1.165) is 5.76 Å². The Hall–Kier alpha value is -1.65. The molecule has 0 radical (unpaired) electrons. The molecule has 0 N–H and O–H groups in total. The van der Waals surface area contributed by atoms with E-state index in [2.05, 4.69) is 15.1 Å². The summed E-state index contributed by atoms with van der Waals surface area (Å²) in [4.78, 5) is 8.17. The molecule has 0 atom stereocenters. The van der Waals surface area contributed by atoms with Gasteiger partial charge in [0.15, 0.2) is 11.7 Å². The molecular weight excluding hydrogens is 182 g/mol. The minimum Gasteiger partial charge on any atom is -0.446 e. The maximum Gasteiger partial charge on any atom is 0.223 e. The van der Waals surface area contributed by atoms with Crippen LogP contribution in [0.3, 0.4) is 0 Å². The Kier molecular flexibility index (Phi) is 2.30. The van der Waals surface area contributed by atoms with E-state index in [4.69, 9.17) is 8.94 Å². The van der Waals surface area contributed by atoms with E-state index in [1.165, 1.54) is 0 Å². The predicted molar refractivity (Wildman–Crippen MR) is 47.7 cm³/mol. The van der Waals surface area contributed by atoms with Gasteiger partial charge in [0, 0.05) is 19.8 Å². The van der Waals surface area contributed by atoms with Crippen molar-refractivity contribution in [2.75, 3.05) is 0 Å². The average Bonchev–Trinajstić information content (AvgIpc) is 2.72. The first-order valence-corrected chi connectivity index (χ1v) is 4.44. The van der Waals surface area contributed by atoms with Crippen molar-refractivity contribution in [2.24, 2.45) is 0 Å². The molecule has 0 bridgehead atoms. The first-order chi connectivity index (χ1) is 6.74. The first-order valence-electron chi connectivity index (χ1n) is 4.44. The highest BCUT2D eigenvalue weighted by atomic mass is 16.5. The molecule has 5 nitrogen and oxygen atoms in total. The summed E-state index contributed by atoms with van der Waals surface area (Å²) >= 11 is 0. The molecule has 2 aromatic rings. The van der Waals surface area contributed by atoms with Crippen molar-refractivity contribution >= 4 is 0 Å². The minimum atomic E-state index is 0.587. The van der Waals surface area contributed by atoms with Crippen LogP contribution in [0, 0.1) is 13.8 Å². The Morgan fingerprint density at radius 3 is 2.71 bits per heavy atom. The molecule has 0 fully saturated rings. The second kappa shape index (κ2) is 3.61. The van der Waals surface area contributed by atoms with Gasteiger partial charge >= 0.3 is 0 Å². The molecule has 0 unspecified atom stereocenters. The van der Waals surface area contributed by atoms with Gasteiger partial charge in [-0.25, -0.2) is 4.98 Å². The lowest BCUT2D eigenvalue weighted by molar-refractivity contribution is 0.386. The molecule has 0 saturated carbocycles. The van der Waals surface area contributed by atoms with Gasteiger partial charge in [-0.3, -0.25) is 0 Å². The van der Waals surface area contributed by atoms with Crippen LogP contribution in [-0.2, 0) is 12.8 Å². The van der Waals surface area contributed by atoms with Crippen molar-refractivity contribution in [3.8, 4) is 0 Å². The molecule has 0 saturated heterocycles. The fourth-order valence-electron chi connectivity index (χ4n) is 1.18. The van der Waals surface area contributed by atoms with Gasteiger partial charge in [-0.15, -0.1) is 0 Å². The molecule has 14 heavy (non-hydrogen) atoms. The monoisotopic (exact) mass is 193 g/mol. The highest BCUT2D eigenvalue weighted by Crippen LogP contribution is 2.05. The molecule has 0 aliphatic heterocycles. The zero-order valence-electron chi connectivity index (χ0n) is 8.15. The van der Waals surface area contributed by atoms with Crippen molar-refractivity contribution in [1.29, 1.82) is 0 Å². The molecule has 0 aliphatic carbocycles. The summed E-state index contributed by atoms with van der Waals surface area (Å²) in [6, 6.07) is 0. The van der Waals surface area contributed by atoms with Crippen LogP contribution in [0.5, 0.6) is 0 Å². The summed E-state index contributed by atoms with van der Waals surface area (Å²) in [5, 5.41) is 3.78. The summed E-state index contributed by atoms with van der Waals surface area (Å²) in [7, 11) is 0. The Labute approximate surface area is 81.1 Å². The van der Waals surface area contributed by atoms with E-state index >= 15 is 0 Å². The number of oxazole rings is 1. The van der Waals surface area contributed by atoms with E-state index in [0.29, 0.717) is 30.4 Å². The third kappa shape index (κ3) is 1.99. The van der Waals surface area contributed by atoms with Crippen molar-refractivity contribution in [3.05, 3.63) is 29.6 Å². The lowest BCUT2D eigenvalue weighted by Gasteiger charge is -1.89. The Bertz CT molecular complexity index is 379. The van der Waals surface area contributed by atoms with Crippen LogP contribution >= 0.6 is 0 Å². The maximum absolute atomic E-state index is 5.31. The summed E-state index contributed by atoms with van der Waals surface area (Å²) in [5.41, 5.74) is 0. The standard InChI is InChI=1S/C9H11N3O2/c1-6-5-10-9(13-6)4-3-8-11-7(2)14-12-8/h5H,3-4H2,1-2H3. The van der Waals surface area contributed by atoms with Crippen LogP contribution in [-0.4, -0.2) is 15.1 Å². The fraction of sp³-hybridized carbons (Fsp3) is 0.444. The number of rotatable bonds is 3.